The number of carbonyl (C=O) groups excluding carboxylic acids is 1. The van der Waals surface area contributed by atoms with Crippen LogP contribution >= 0.6 is 38.9 Å². The molecular weight excluding hydrogens is 298 g/mol. The third-order valence-electron chi connectivity index (χ3n) is 1.87. The molecule has 0 fully saturated rings. The summed E-state index contributed by atoms with van der Waals surface area (Å²) in [6, 6.07) is 2.02. The standard InChI is InChI=1S/C10H13BrClNOS/c11-8-5-9(15-7-8)6-13-10(14)3-1-2-4-12/h5,7H,1-4,6H2,(H,13,14). The molecular formula is C10H13BrClNOS. The molecule has 1 aromatic heterocycles. The van der Waals surface area contributed by atoms with Crippen LogP contribution in [0.5, 0.6) is 0 Å². The van der Waals surface area contributed by atoms with Gasteiger partial charge in [-0.3, -0.25) is 4.79 Å². The number of rotatable bonds is 6. The highest BCUT2D eigenvalue weighted by Crippen LogP contribution is 2.19. The van der Waals surface area contributed by atoms with Crippen LogP contribution in [-0.2, 0) is 11.3 Å². The zero-order valence-electron chi connectivity index (χ0n) is 8.26. The second-order valence-electron chi connectivity index (χ2n) is 3.15. The van der Waals surface area contributed by atoms with Crippen molar-refractivity contribution < 1.29 is 4.79 Å². The maximum atomic E-state index is 11.3. The smallest absolute Gasteiger partial charge is 0.220 e. The number of unbranched alkanes of at least 4 members (excludes halogenated alkanes) is 1. The quantitative estimate of drug-likeness (QED) is 0.632. The largest absolute Gasteiger partial charge is 0.351 e. The highest BCUT2D eigenvalue weighted by atomic mass is 79.9. The Morgan fingerprint density at radius 1 is 1.53 bits per heavy atom. The molecule has 15 heavy (non-hydrogen) atoms. The van der Waals surface area contributed by atoms with Gasteiger partial charge in [0, 0.05) is 27.0 Å². The van der Waals surface area contributed by atoms with E-state index in [1.165, 1.54) is 0 Å². The van der Waals surface area contributed by atoms with Crippen LogP contribution in [0.25, 0.3) is 0 Å². The van der Waals surface area contributed by atoms with E-state index in [1.807, 2.05) is 11.4 Å². The third kappa shape index (κ3) is 5.54. The molecule has 0 saturated carbocycles. The fourth-order valence-corrected chi connectivity index (χ4v) is 2.68. The second kappa shape index (κ2) is 7.25. The molecule has 1 N–H and O–H groups in total. The van der Waals surface area contributed by atoms with Crippen molar-refractivity contribution in [1.82, 2.24) is 5.32 Å². The molecule has 1 rings (SSSR count). The van der Waals surface area contributed by atoms with Gasteiger partial charge in [-0.05, 0) is 34.8 Å². The van der Waals surface area contributed by atoms with Gasteiger partial charge in [0.15, 0.2) is 0 Å². The molecule has 0 atom stereocenters. The first-order valence-corrected chi connectivity index (χ1v) is 6.98. The van der Waals surface area contributed by atoms with Crippen LogP contribution in [0, 0.1) is 0 Å². The van der Waals surface area contributed by atoms with Crippen LogP contribution in [0.15, 0.2) is 15.9 Å². The van der Waals surface area contributed by atoms with Crippen molar-refractivity contribution in [3.8, 4) is 0 Å². The molecule has 0 unspecified atom stereocenters. The number of hydrogen-bond acceptors (Lipinski definition) is 2. The van der Waals surface area contributed by atoms with E-state index in [2.05, 4.69) is 21.2 Å². The Balaban J connectivity index is 2.16. The number of alkyl halides is 1. The lowest BCUT2D eigenvalue weighted by atomic mass is 10.2. The number of nitrogens with one attached hydrogen (secondary N) is 1. The summed E-state index contributed by atoms with van der Waals surface area (Å²) in [5.41, 5.74) is 0. The van der Waals surface area contributed by atoms with Gasteiger partial charge in [-0.1, -0.05) is 0 Å². The zero-order valence-corrected chi connectivity index (χ0v) is 11.4. The summed E-state index contributed by atoms with van der Waals surface area (Å²) < 4.78 is 1.07. The molecule has 0 saturated heterocycles. The normalized spacial score (nSPS) is 10.3. The Bertz CT molecular complexity index is 316. The van der Waals surface area contributed by atoms with Crippen LogP contribution < -0.4 is 5.32 Å². The van der Waals surface area contributed by atoms with Gasteiger partial charge in [-0.25, -0.2) is 0 Å². The van der Waals surface area contributed by atoms with E-state index in [1.54, 1.807) is 11.3 Å². The van der Waals surface area contributed by atoms with E-state index >= 15 is 0 Å². The van der Waals surface area contributed by atoms with Crippen LogP contribution in [0.2, 0.25) is 0 Å². The third-order valence-corrected chi connectivity index (χ3v) is 3.83. The molecule has 84 valence electrons. The number of thiophene rings is 1. The van der Waals surface area contributed by atoms with Crippen molar-refractivity contribution in [2.24, 2.45) is 0 Å². The van der Waals surface area contributed by atoms with Crippen molar-refractivity contribution in [3.05, 3.63) is 20.8 Å². The van der Waals surface area contributed by atoms with Gasteiger partial charge >= 0.3 is 0 Å². The Labute approximate surface area is 107 Å². The predicted octanol–water partition coefficient (Wildman–Crippen LogP) is 3.54. The van der Waals surface area contributed by atoms with Crippen molar-refractivity contribution in [2.45, 2.75) is 25.8 Å². The number of hydrogen-bond donors (Lipinski definition) is 1. The van der Waals surface area contributed by atoms with Gasteiger partial charge in [-0.15, -0.1) is 22.9 Å². The zero-order chi connectivity index (χ0) is 11.1. The van der Waals surface area contributed by atoms with Crippen LogP contribution in [-0.4, -0.2) is 11.8 Å². The minimum Gasteiger partial charge on any atom is -0.351 e. The Kier molecular flexibility index (Phi) is 6.29. The summed E-state index contributed by atoms with van der Waals surface area (Å²) in [5, 5.41) is 4.89. The molecule has 0 aliphatic rings. The number of amides is 1. The first kappa shape index (κ1) is 13.0. The fourth-order valence-electron chi connectivity index (χ4n) is 1.10. The molecule has 0 aliphatic heterocycles. The number of halogens is 2. The van der Waals surface area contributed by atoms with Gasteiger partial charge in [0.2, 0.25) is 5.91 Å². The average Bonchev–Trinajstić information content (AvgIpc) is 2.62. The van der Waals surface area contributed by atoms with E-state index in [0.717, 1.165) is 22.2 Å². The predicted molar refractivity (Wildman–Crippen MR) is 68.4 cm³/mol. The number of carbonyl (C=O) groups is 1. The summed E-state index contributed by atoms with van der Waals surface area (Å²) in [6.45, 7) is 0.621. The average molecular weight is 311 g/mol. The second-order valence-corrected chi connectivity index (χ2v) is 5.44. The molecule has 0 spiro atoms. The Morgan fingerprint density at radius 3 is 2.93 bits per heavy atom. The van der Waals surface area contributed by atoms with Crippen LogP contribution in [0.3, 0.4) is 0 Å². The molecule has 0 bridgehead atoms. The van der Waals surface area contributed by atoms with Gasteiger partial charge in [0.25, 0.3) is 0 Å². The molecule has 0 aliphatic carbocycles. The lowest BCUT2D eigenvalue weighted by molar-refractivity contribution is -0.121. The molecule has 0 radical (unpaired) electrons. The van der Waals surface area contributed by atoms with E-state index < -0.39 is 0 Å². The first-order chi connectivity index (χ1) is 7.22. The SMILES string of the molecule is O=C(CCCCCl)NCc1cc(Br)cs1. The van der Waals surface area contributed by atoms with Crippen molar-refractivity contribution >= 4 is 44.8 Å². The van der Waals surface area contributed by atoms with Gasteiger partial charge in [0.05, 0.1) is 6.54 Å². The minimum absolute atomic E-state index is 0.102. The maximum absolute atomic E-state index is 11.3. The van der Waals surface area contributed by atoms with E-state index in [9.17, 15) is 4.79 Å². The molecule has 0 aromatic carbocycles. The van der Waals surface area contributed by atoms with E-state index in [-0.39, 0.29) is 5.91 Å². The molecule has 2 nitrogen and oxygen atoms in total. The topological polar surface area (TPSA) is 29.1 Å². The van der Waals surface area contributed by atoms with Gasteiger partial charge < -0.3 is 5.32 Å². The summed E-state index contributed by atoms with van der Waals surface area (Å²) in [5.74, 6) is 0.732. The molecule has 1 heterocycles. The van der Waals surface area contributed by atoms with E-state index in [4.69, 9.17) is 11.6 Å². The van der Waals surface area contributed by atoms with Crippen LogP contribution in [0.1, 0.15) is 24.1 Å². The lowest BCUT2D eigenvalue weighted by Gasteiger charge is -2.02. The Morgan fingerprint density at radius 2 is 2.33 bits per heavy atom. The highest BCUT2D eigenvalue weighted by Gasteiger charge is 2.02. The van der Waals surface area contributed by atoms with Crippen molar-refractivity contribution in [2.75, 3.05) is 5.88 Å². The summed E-state index contributed by atoms with van der Waals surface area (Å²) in [6.07, 6.45) is 2.34. The van der Waals surface area contributed by atoms with E-state index in [0.29, 0.717) is 18.8 Å². The summed E-state index contributed by atoms with van der Waals surface area (Å²) in [7, 11) is 0. The monoisotopic (exact) mass is 309 g/mol. The van der Waals surface area contributed by atoms with Gasteiger partial charge in [-0.2, -0.15) is 0 Å². The van der Waals surface area contributed by atoms with Crippen LogP contribution in [0.4, 0.5) is 0 Å². The van der Waals surface area contributed by atoms with Crippen molar-refractivity contribution in [3.63, 3.8) is 0 Å². The first-order valence-electron chi connectivity index (χ1n) is 4.78. The lowest BCUT2D eigenvalue weighted by Crippen LogP contribution is -2.21. The molecule has 1 amide bonds. The fraction of sp³-hybridized carbons (Fsp3) is 0.500. The van der Waals surface area contributed by atoms with Crippen molar-refractivity contribution in [1.29, 1.82) is 0 Å². The summed E-state index contributed by atoms with van der Waals surface area (Å²) in [4.78, 5) is 12.5. The Hall–Kier alpha value is -0.0600. The molecule has 1 aromatic rings. The molecule has 5 heteroatoms. The summed E-state index contributed by atoms with van der Waals surface area (Å²) >= 11 is 10.5. The highest BCUT2D eigenvalue weighted by molar-refractivity contribution is 9.10. The maximum Gasteiger partial charge on any atom is 0.220 e. The van der Waals surface area contributed by atoms with Gasteiger partial charge in [0.1, 0.15) is 0 Å². The minimum atomic E-state index is 0.102.